The van der Waals surface area contributed by atoms with E-state index in [2.05, 4.69) is 42.3 Å². The summed E-state index contributed by atoms with van der Waals surface area (Å²) in [6.45, 7) is 3.18. The van der Waals surface area contributed by atoms with Gasteiger partial charge in [-0.1, -0.05) is 0 Å². The number of rotatable bonds is 7. The standard InChI is InChI=1S/C19H22N10O2/c1-12-24-26-27-28(12)14-6-13(7-16(8-14)31-3)23-18-9-17(21-4-5-30-2)19-22-11-15(10-20)29(19)25-18/h6-9,15,23,25H,4-5,11H2,1-3H3. The number of fused-ring (bicyclic) bond motifs is 1. The number of amidine groups is 1. The Balaban J connectivity index is 1.65. The van der Waals surface area contributed by atoms with Gasteiger partial charge in [-0.3, -0.25) is 15.4 Å². The summed E-state index contributed by atoms with van der Waals surface area (Å²) in [5, 5.41) is 26.2. The summed E-state index contributed by atoms with van der Waals surface area (Å²) in [6, 6.07) is 7.42. The predicted octanol–water partition coefficient (Wildman–Crippen LogP) is 0.445. The topological polar surface area (TPSA) is 138 Å². The number of nitrogens with one attached hydrogen (secondary N) is 2. The number of ether oxygens (including phenoxy) is 2. The molecule has 1 unspecified atom stereocenters. The second-order valence-electron chi connectivity index (χ2n) is 6.79. The van der Waals surface area contributed by atoms with E-state index in [1.54, 1.807) is 23.9 Å². The molecule has 3 heterocycles. The molecule has 1 aromatic heterocycles. The molecule has 2 aliphatic rings. The molecule has 1 aromatic carbocycles. The van der Waals surface area contributed by atoms with Crippen molar-refractivity contribution in [2.75, 3.05) is 39.2 Å². The second-order valence-corrected chi connectivity index (χ2v) is 6.79. The van der Waals surface area contributed by atoms with Crippen LogP contribution >= 0.6 is 0 Å². The van der Waals surface area contributed by atoms with Gasteiger partial charge >= 0.3 is 0 Å². The van der Waals surface area contributed by atoms with Gasteiger partial charge in [-0.25, -0.2) is 5.01 Å². The second kappa shape index (κ2) is 8.80. The van der Waals surface area contributed by atoms with Crippen molar-refractivity contribution in [1.29, 1.82) is 5.26 Å². The minimum Gasteiger partial charge on any atom is -0.497 e. The van der Waals surface area contributed by atoms with E-state index in [9.17, 15) is 5.26 Å². The van der Waals surface area contributed by atoms with Crippen molar-refractivity contribution in [2.45, 2.75) is 13.0 Å². The Morgan fingerprint density at radius 1 is 1.35 bits per heavy atom. The number of tetrazole rings is 1. The van der Waals surface area contributed by atoms with Gasteiger partial charge in [-0.15, -0.1) is 5.10 Å². The van der Waals surface area contributed by atoms with Crippen LogP contribution in [0.1, 0.15) is 5.82 Å². The number of methoxy groups -OCH3 is 2. The molecule has 0 aliphatic carbocycles. The molecule has 0 saturated carbocycles. The number of benzene rings is 1. The van der Waals surface area contributed by atoms with Crippen molar-refractivity contribution < 1.29 is 9.47 Å². The fraction of sp³-hybridized carbons (Fsp3) is 0.368. The van der Waals surface area contributed by atoms with Crippen molar-refractivity contribution in [3.63, 3.8) is 0 Å². The van der Waals surface area contributed by atoms with Gasteiger partial charge in [0.1, 0.15) is 17.3 Å². The molecule has 2 N–H and O–H groups in total. The van der Waals surface area contributed by atoms with E-state index < -0.39 is 6.04 Å². The van der Waals surface area contributed by atoms with Gasteiger partial charge in [0, 0.05) is 31.0 Å². The largest absolute Gasteiger partial charge is 0.497 e. The first-order valence-electron chi connectivity index (χ1n) is 9.60. The van der Waals surface area contributed by atoms with Crippen LogP contribution in [-0.2, 0) is 4.74 Å². The number of nitrogens with zero attached hydrogens (tertiary/aromatic N) is 8. The van der Waals surface area contributed by atoms with E-state index in [0.717, 1.165) is 11.4 Å². The molecule has 0 bridgehead atoms. The maximum absolute atomic E-state index is 9.47. The molecule has 12 nitrogen and oxygen atoms in total. The van der Waals surface area contributed by atoms with Gasteiger partial charge in [0.2, 0.25) is 0 Å². The van der Waals surface area contributed by atoms with Gasteiger partial charge in [0.25, 0.3) is 0 Å². The summed E-state index contributed by atoms with van der Waals surface area (Å²) in [5.74, 6) is 2.57. The van der Waals surface area contributed by atoms with Crippen LogP contribution in [0.5, 0.6) is 5.75 Å². The molecule has 0 spiro atoms. The zero-order valence-electron chi connectivity index (χ0n) is 17.4. The Bertz CT molecular complexity index is 1100. The SMILES string of the molecule is COCCN=C1C=C(Nc2cc(OC)cc(-n3nnnc3C)c2)NN2C1=NCC2C#N. The van der Waals surface area contributed by atoms with Gasteiger partial charge in [0.05, 0.1) is 38.6 Å². The number of nitriles is 1. The average molecular weight is 422 g/mol. The Morgan fingerprint density at radius 3 is 2.94 bits per heavy atom. The molecule has 12 heteroatoms. The number of hydrazine groups is 1. The number of hydrogen-bond donors (Lipinski definition) is 2. The van der Waals surface area contributed by atoms with Gasteiger partial charge in [-0.05, 0) is 23.4 Å². The minimum atomic E-state index is -0.419. The van der Waals surface area contributed by atoms with Crippen LogP contribution in [0.3, 0.4) is 0 Å². The Morgan fingerprint density at radius 2 is 2.23 bits per heavy atom. The molecule has 160 valence electrons. The first kappa shape index (κ1) is 20.3. The third kappa shape index (κ3) is 4.17. The first-order valence-corrected chi connectivity index (χ1v) is 9.60. The smallest absolute Gasteiger partial charge is 0.169 e. The van der Waals surface area contributed by atoms with E-state index in [4.69, 9.17) is 9.47 Å². The number of hydrogen-bond acceptors (Lipinski definition) is 11. The van der Waals surface area contributed by atoms with Crippen LogP contribution in [0.4, 0.5) is 5.69 Å². The van der Waals surface area contributed by atoms with Crippen molar-refractivity contribution in [1.82, 2.24) is 30.6 Å². The van der Waals surface area contributed by atoms with Crippen molar-refractivity contribution >= 4 is 17.2 Å². The van der Waals surface area contributed by atoms with Crippen LogP contribution in [0.25, 0.3) is 5.69 Å². The third-order valence-electron chi connectivity index (χ3n) is 4.71. The lowest BCUT2D eigenvalue weighted by molar-refractivity contribution is 0.208. The molecule has 4 rings (SSSR count). The van der Waals surface area contributed by atoms with Crippen LogP contribution in [-0.4, -0.2) is 76.7 Å². The van der Waals surface area contributed by atoms with Gasteiger partial charge in [-0.2, -0.15) is 9.94 Å². The number of aliphatic imine (C=N–C) groups is 2. The zero-order valence-corrected chi connectivity index (χ0v) is 17.4. The first-order chi connectivity index (χ1) is 15.1. The Hall–Kier alpha value is -3.98. The number of anilines is 1. The summed E-state index contributed by atoms with van der Waals surface area (Å²) < 4.78 is 12.2. The molecular weight excluding hydrogens is 400 g/mol. The molecule has 31 heavy (non-hydrogen) atoms. The minimum absolute atomic E-state index is 0.380. The lowest BCUT2D eigenvalue weighted by Crippen LogP contribution is -2.52. The quantitative estimate of drug-likeness (QED) is 0.609. The van der Waals surface area contributed by atoms with Crippen molar-refractivity contribution in [3.8, 4) is 17.5 Å². The normalized spacial score (nSPS) is 18.7. The predicted molar refractivity (Wildman–Crippen MR) is 113 cm³/mol. The molecule has 2 aliphatic heterocycles. The monoisotopic (exact) mass is 422 g/mol. The van der Waals surface area contributed by atoms with Crippen molar-refractivity contribution in [3.05, 3.63) is 35.9 Å². The zero-order chi connectivity index (χ0) is 21.8. The fourth-order valence-corrected chi connectivity index (χ4v) is 3.23. The molecule has 1 atom stereocenters. The highest BCUT2D eigenvalue weighted by Crippen LogP contribution is 2.25. The molecule has 0 saturated heterocycles. The van der Waals surface area contributed by atoms with E-state index in [0.29, 0.717) is 48.6 Å². The van der Waals surface area contributed by atoms with E-state index in [1.165, 1.54) is 0 Å². The molecule has 0 radical (unpaired) electrons. The van der Waals surface area contributed by atoms with Crippen LogP contribution in [0.15, 0.2) is 40.1 Å². The van der Waals surface area contributed by atoms with Crippen LogP contribution in [0, 0.1) is 18.3 Å². The van der Waals surface area contributed by atoms with E-state index in [1.807, 2.05) is 31.2 Å². The third-order valence-corrected chi connectivity index (χ3v) is 4.71. The summed E-state index contributed by atoms with van der Waals surface area (Å²) in [7, 11) is 3.22. The maximum Gasteiger partial charge on any atom is 0.169 e. The number of aromatic nitrogens is 4. The molecule has 0 amide bonds. The summed E-state index contributed by atoms with van der Waals surface area (Å²) in [4.78, 5) is 9.04. The number of aryl methyl sites for hydroxylation is 1. The van der Waals surface area contributed by atoms with Gasteiger partial charge in [0.15, 0.2) is 17.7 Å². The maximum atomic E-state index is 9.47. The highest BCUT2D eigenvalue weighted by atomic mass is 16.5. The summed E-state index contributed by atoms with van der Waals surface area (Å²) in [6.07, 6.45) is 1.85. The van der Waals surface area contributed by atoms with E-state index >= 15 is 0 Å². The fourth-order valence-electron chi connectivity index (χ4n) is 3.23. The van der Waals surface area contributed by atoms with Crippen LogP contribution < -0.4 is 15.5 Å². The van der Waals surface area contributed by atoms with Gasteiger partial charge < -0.3 is 14.8 Å². The Kier molecular flexibility index (Phi) is 5.76. The lowest BCUT2D eigenvalue weighted by Gasteiger charge is -2.31. The average Bonchev–Trinajstić information content (AvgIpc) is 3.39. The van der Waals surface area contributed by atoms with E-state index in [-0.39, 0.29) is 0 Å². The van der Waals surface area contributed by atoms with Crippen LogP contribution in [0.2, 0.25) is 0 Å². The molecular formula is C19H22N10O2. The highest BCUT2D eigenvalue weighted by molar-refractivity contribution is 6.46. The molecule has 0 fully saturated rings. The summed E-state index contributed by atoms with van der Waals surface area (Å²) in [5.41, 5.74) is 5.38. The van der Waals surface area contributed by atoms with Crippen molar-refractivity contribution in [2.24, 2.45) is 9.98 Å². The summed E-state index contributed by atoms with van der Waals surface area (Å²) >= 11 is 0. The lowest BCUT2D eigenvalue weighted by atomic mass is 10.2. The Labute approximate surface area is 178 Å². The highest BCUT2D eigenvalue weighted by Gasteiger charge is 2.34. The molecule has 2 aromatic rings.